The van der Waals surface area contributed by atoms with Crippen LogP contribution in [0.2, 0.25) is 0 Å². The van der Waals surface area contributed by atoms with Crippen LogP contribution in [0.4, 0.5) is 0 Å². The van der Waals surface area contributed by atoms with Gasteiger partial charge >= 0.3 is 0 Å². The molecule has 6 saturated heterocycles. The van der Waals surface area contributed by atoms with Crippen LogP contribution >= 0.6 is 0 Å². The van der Waals surface area contributed by atoms with E-state index in [0.717, 1.165) is 32.0 Å². The van der Waals surface area contributed by atoms with E-state index in [2.05, 4.69) is 9.80 Å². The number of rotatable bonds is 0. The van der Waals surface area contributed by atoms with Gasteiger partial charge in [0, 0.05) is 19.6 Å². The van der Waals surface area contributed by atoms with E-state index in [0.29, 0.717) is 5.92 Å². The highest BCUT2D eigenvalue weighted by atomic mass is 16.3. The quantitative estimate of drug-likeness (QED) is 0.660. The smallest absolute Gasteiger partial charge is 0.107 e. The number of piperidine rings is 6. The molecule has 6 aliphatic heterocycles. The maximum absolute atomic E-state index is 9.36. The first-order valence-electron chi connectivity index (χ1n) is 7.55. The van der Waals surface area contributed by atoms with E-state index in [1.165, 1.54) is 38.8 Å². The van der Waals surface area contributed by atoms with Gasteiger partial charge in [0.25, 0.3) is 0 Å². The standard InChI is InChI=1S/2C7H13NO/c9-7-5-8-3-1-6(7)2-4-8;9-7-5-6-1-3-8(7)4-2-6/h2*6-7,9H,1-5H2/t7-;/m0./s1. The SMILES string of the molecule is OC1CC2CCN1CC2.O[C@H]1CN2CCC1CC2. The second kappa shape index (κ2) is 5.45. The van der Waals surface area contributed by atoms with Gasteiger partial charge in [0.15, 0.2) is 0 Å². The number of hydrogen-bond acceptors (Lipinski definition) is 4. The van der Waals surface area contributed by atoms with Gasteiger partial charge in [-0.05, 0) is 57.0 Å². The van der Waals surface area contributed by atoms with E-state index >= 15 is 0 Å². The van der Waals surface area contributed by atoms with Crippen LogP contribution in [0.25, 0.3) is 0 Å². The molecule has 6 heterocycles. The zero-order valence-electron chi connectivity index (χ0n) is 11.2. The average Bonchev–Trinajstić information content (AvgIpc) is 2.41. The Morgan fingerprint density at radius 1 is 0.833 bits per heavy atom. The lowest BCUT2D eigenvalue weighted by atomic mass is 9.86. The molecule has 0 aliphatic carbocycles. The molecule has 4 nitrogen and oxygen atoms in total. The van der Waals surface area contributed by atoms with Gasteiger partial charge in [0.1, 0.15) is 6.23 Å². The van der Waals surface area contributed by atoms with Crippen molar-refractivity contribution in [3.63, 3.8) is 0 Å². The Kier molecular flexibility index (Phi) is 3.89. The minimum absolute atomic E-state index is 0.00694. The number of aliphatic hydroxyl groups excluding tert-OH is 2. The molecule has 4 heteroatoms. The fraction of sp³-hybridized carbons (Fsp3) is 1.00. The minimum atomic E-state index is -0.0995. The number of hydrogen-bond donors (Lipinski definition) is 2. The summed E-state index contributed by atoms with van der Waals surface area (Å²) < 4.78 is 0. The van der Waals surface area contributed by atoms with Crippen molar-refractivity contribution in [1.82, 2.24) is 9.80 Å². The van der Waals surface area contributed by atoms with E-state index in [1.54, 1.807) is 0 Å². The first-order valence-corrected chi connectivity index (χ1v) is 7.55. The van der Waals surface area contributed by atoms with Gasteiger partial charge in [0.05, 0.1) is 6.10 Å². The zero-order chi connectivity index (χ0) is 12.5. The maximum atomic E-state index is 9.36. The summed E-state index contributed by atoms with van der Waals surface area (Å²) in [5.74, 6) is 1.47. The van der Waals surface area contributed by atoms with Crippen LogP contribution in [0.15, 0.2) is 0 Å². The topological polar surface area (TPSA) is 46.9 Å². The molecule has 1 unspecified atom stereocenters. The van der Waals surface area contributed by atoms with Crippen molar-refractivity contribution >= 4 is 0 Å². The van der Waals surface area contributed by atoms with Crippen molar-refractivity contribution in [1.29, 1.82) is 0 Å². The normalized spacial score (nSPS) is 49.7. The predicted octanol–water partition coefficient (Wildman–Crippen LogP) is 0.493. The molecular formula is C14H26N2O2. The first kappa shape index (κ1) is 12.9. The second-order valence-corrected chi connectivity index (χ2v) is 6.40. The van der Waals surface area contributed by atoms with Crippen LogP contribution in [0, 0.1) is 11.8 Å². The lowest BCUT2D eigenvalue weighted by Crippen LogP contribution is -2.50. The summed E-state index contributed by atoms with van der Waals surface area (Å²) in [4.78, 5) is 4.53. The van der Waals surface area contributed by atoms with Crippen LogP contribution in [0.1, 0.15) is 32.1 Å². The Labute approximate surface area is 110 Å². The fourth-order valence-corrected chi connectivity index (χ4v) is 3.87. The Morgan fingerprint density at radius 2 is 1.50 bits per heavy atom. The van der Waals surface area contributed by atoms with Crippen molar-refractivity contribution in [3.05, 3.63) is 0 Å². The highest BCUT2D eigenvalue weighted by molar-refractivity contribution is 4.85. The van der Waals surface area contributed by atoms with E-state index in [1.807, 2.05) is 0 Å². The summed E-state index contributed by atoms with van der Waals surface area (Å²) in [5.41, 5.74) is 0. The average molecular weight is 254 g/mol. The molecule has 18 heavy (non-hydrogen) atoms. The van der Waals surface area contributed by atoms with Gasteiger partial charge in [-0.2, -0.15) is 0 Å². The van der Waals surface area contributed by atoms with Gasteiger partial charge in [-0.3, -0.25) is 4.90 Å². The summed E-state index contributed by atoms with van der Waals surface area (Å²) in [6.07, 6.45) is 6.00. The van der Waals surface area contributed by atoms with Crippen molar-refractivity contribution < 1.29 is 10.2 Å². The maximum Gasteiger partial charge on any atom is 0.107 e. The van der Waals surface area contributed by atoms with E-state index in [-0.39, 0.29) is 12.3 Å². The van der Waals surface area contributed by atoms with Crippen molar-refractivity contribution in [2.45, 2.75) is 44.4 Å². The Morgan fingerprint density at radius 3 is 1.72 bits per heavy atom. The molecule has 6 fully saturated rings. The minimum Gasteiger partial charge on any atom is -0.392 e. The van der Waals surface area contributed by atoms with Gasteiger partial charge in [-0.25, -0.2) is 0 Å². The van der Waals surface area contributed by atoms with Crippen LogP contribution in [0.5, 0.6) is 0 Å². The molecule has 0 radical (unpaired) electrons. The Balaban J connectivity index is 0.000000111. The zero-order valence-corrected chi connectivity index (χ0v) is 11.2. The molecule has 0 aromatic carbocycles. The van der Waals surface area contributed by atoms with Crippen LogP contribution in [-0.2, 0) is 0 Å². The molecule has 0 aromatic rings. The Bertz CT molecular complexity index is 243. The molecule has 0 aromatic heterocycles. The summed E-state index contributed by atoms with van der Waals surface area (Å²) in [6, 6.07) is 0. The molecule has 2 N–H and O–H groups in total. The van der Waals surface area contributed by atoms with Gasteiger partial charge in [0.2, 0.25) is 0 Å². The third kappa shape index (κ3) is 2.72. The molecule has 6 aliphatic rings. The van der Waals surface area contributed by atoms with Crippen LogP contribution < -0.4 is 0 Å². The van der Waals surface area contributed by atoms with Crippen LogP contribution in [0.3, 0.4) is 0 Å². The number of aliphatic hydroxyl groups is 2. The van der Waals surface area contributed by atoms with Crippen molar-refractivity contribution in [2.24, 2.45) is 11.8 Å². The van der Waals surface area contributed by atoms with Crippen molar-refractivity contribution in [2.75, 3.05) is 32.7 Å². The molecule has 0 spiro atoms. The highest BCUT2D eigenvalue weighted by Crippen LogP contribution is 2.30. The molecule has 4 bridgehead atoms. The monoisotopic (exact) mass is 254 g/mol. The van der Waals surface area contributed by atoms with Gasteiger partial charge < -0.3 is 15.1 Å². The third-order valence-electron chi connectivity index (χ3n) is 5.24. The predicted molar refractivity (Wildman–Crippen MR) is 70.1 cm³/mol. The molecule has 0 amide bonds. The largest absolute Gasteiger partial charge is 0.392 e. The molecule has 0 saturated carbocycles. The molecule has 2 atom stereocenters. The van der Waals surface area contributed by atoms with Crippen molar-refractivity contribution in [3.8, 4) is 0 Å². The van der Waals surface area contributed by atoms with Gasteiger partial charge in [-0.1, -0.05) is 0 Å². The van der Waals surface area contributed by atoms with Gasteiger partial charge in [-0.15, -0.1) is 0 Å². The molecule has 104 valence electrons. The molecular weight excluding hydrogens is 228 g/mol. The number of fused-ring (bicyclic) bond motifs is 6. The lowest BCUT2D eigenvalue weighted by Gasteiger charge is -2.42. The van der Waals surface area contributed by atoms with Crippen LogP contribution in [-0.4, -0.2) is 65.1 Å². The number of nitrogens with zero attached hydrogens (tertiary/aromatic N) is 2. The summed E-state index contributed by atoms with van der Waals surface area (Å²) >= 11 is 0. The third-order valence-corrected chi connectivity index (χ3v) is 5.24. The second-order valence-electron chi connectivity index (χ2n) is 6.40. The highest BCUT2D eigenvalue weighted by Gasteiger charge is 2.32. The Hall–Kier alpha value is -0.160. The summed E-state index contributed by atoms with van der Waals surface area (Å²) in [7, 11) is 0. The summed E-state index contributed by atoms with van der Waals surface area (Å²) in [6.45, 7) is 5.64. The molecule has 6 rings (SSSR count). The van der Waals surface area contributed by atoms with E-state index in [4.69, 9.17) is 0 Å². The fourth-order valence-electron chi connectivity index (χ4n) is 3.87. The lowest BCUT2D eigenvalue weighted by molar-refractivity contribution is -0.0768. The van der Waals surface area contributed by atoms with E-state index in [9.17, 15) is 10.2 Å². The first-order chi connectivity index (χ1) is 8.72. The van der Waals surface area contributed by atoms with E-state index < -0.39 is 0 Å². The summed E-state index contributed by atoms with van der Waals surface area (Å²) in [5, 5.41) is 18.7.